The van der Waals surface area contributed by atoms with Crippen molar-refractivity contribution in [2.75, 3.05) is 6.54 Å². The summed E-state index contributed by atoms with van der Waals surface area (Å²) in [6.45, 7) is 0.947. The lowest BCUT2D eigenvalue weighted by molar-refractivity contribution is 0.552. The summed E-state index contributed by atoms with van der Waals surface area (Å²) in [5.74, 6) is 0. The number of hydrogen-bond acceptors (Lipinski definition) is 3. The van der Waals surface area contributed by atoms with Crippen molar-refractivity contribution in [3.05, 3.63) is 46.8 Å². The Kier molecular flexibility index (Phi) is 2.38. The van der Waals surface area contributed by atoms with E-state index in [2.05, 4.69) is 20.3 Å². The van der Waals surface area contributed by atoms with Crippen LogP contribution in [0.1, 0.15) is 23.0 Å². The number of imidazole rings is 1. The Labute approximate surface area is 98.1 Å². The number of hydrogen-bond donors (Lipinski definition) is 2. The zero-order valence-electron chi connectivity index (χ0n) is 8.57. The molecule has 0 amide bonds. The molecule has 0 radical (unpaired) electrons. The zero-order valence-corrected chi connectivity index (χ0v) is 9.33. The maximum absolute atomic E-state index is 5.78. The lowest BCUT2D eigenvalue weighted by Crippen LogP contribution is -2.30. The first-order chi connectivity index (χ1) is 7.84. The van der Waals surface area contributed by atoms with E-state index in [-0.39, 0.29) is 6.04 Å². The number of H-pyrrole nitrogens is 1. The fraction of sp³-hybridized carbons (Fsp3) is 0.273. The summed E-state index contributed by atoms with van der Waals surface area (Å²) < 4.78 is 0. The number of nitrogens with zero attached hydrogens (tertiary/aromatic N) is 2. The molecule has 3 heterocycles. The maximum atomic E-state index is 5.78. The molecule has 5 heteroatoms. The zero-order chi connectivity index (χ0) is 11.0. The summed E-state index contributed by atoms with van der Waals surface area (Å²) in [6.07, 6.45) is 4.53. The summed E-state index contributed by atoms with van der Waals surface area (Å²) in [5.41, 5.74) is 3.37. The van der Waals surface area contributed by atoms with Crippen LogP contribution in [0, 0.1) is 0 Å². The van der Waals surface area contributed by atoms with Gasteiger partial charge in [-0.3, -0.25) is 0 Å². The molecule has 0 spiro atoms. The van der Waals surface area contributed by atoms with Gasteiger partial charge in [-0.05, 0) is 11.6 Å². The highest BCUT2D eigenvalue weighted by Crippen LogP contribution is 2.25. The van der Waals surface area contributed by atoms with Crippen molar-refractivity contribution in [1.82, 2.24) is 20.3 Å². The number of halogens is 1. The van der Waals surface area contributed by atoms with Gasteiger partial charge in [0, 0.05) is 24.9 Å². The minimum absolute atomic E-state index is 0.125. The monoisotopic (exact) mass is 234 g/mol. The molecule has 4 nitrogen and oxygen atoms in total. The molecular formula is C11H11ClN4. The van der Waals surface area contributed by atoms with Gasteiger partial charge in [-0.25, -0.2) is 9.97 Å². The van der Waals surface area contributed by atoms with Gasteiger partial charge in [0.25, 0.3) is 0 Å². The van der Waals surface area contributed by atoms with E-state index in [1.807, 2.05) is 6.07 Å². The second-order valence-corrected chi connectivity index (χ2v) is 4.20. The second kappa shape index (κ2) is 3.88. The highest BCUT2D eigenvalue weighted by atomic mass is 35.5. The first-order valence-electron chi connectivity index (χ1n) is 5.21. The molecule has 3 rings (SSSR count). The van der Waals surface area contributed by atoms with Crippen LogP contribution in [0.25, 0.3) is 0 Å². The Balaban J connectivity index is 2.00. The van der Waals surface area contributed by atoms with E-state index in [0.717, 1.165) is 24.2 Å². The predicted octanol–water partition coefficient (Wildman–Crippen LogP) is 1.69. The third-order valence-electron chi connectivity index (χ3n) is 2.83. The van der Waals surface area contributed by atoms with Gasteiger partial charge < -0.3 is 10.3 Å². The molecular weight excluding hydrogens is 224 g/mol. The Morgan fingerprint density at radius 1 is 1.31 bits per heavy atom. The average Bonchev–Trinajstić information content (AvgIpc) is 2.78. The molecule has 2 aromatic heterocycles. The molecule has 82 valence electrons. The van der Waals surface area contributed by atoms with Crippen molar-refractivity contribution in [3.63, 3.8) is 0 Å². The summed E-state index contributed by atoms with van der Waals surface area (Å²) in [4.78, 5) is 11.6. The van der Waals surface area contributed by atoms with Gasteiger partial charge in [-0.15, -0.1) is 0 Å². The van der Waals surface area contributed by atoms with E-state index in [4.69, 9.17) is 11.6 Å². The summed E-state index contributed by atoms with van der Waals surface area (Å²) >= 11 is 5.78. The normalized spacial score (nSPS) is 19.4. The number of fused-ring (bicyclic) bond motifs is 1. The van der Waals surface area contributed by atoms with Crippen molar-refractivity contribution < 1.29 is 0 Å². The molecule has 2 aromatic rings. The molecule has 1 aliphatic rings. The van der Waals surface area contributed by atoms with E-state index in [1.54, 1.807) is 18.6 Å². The van der Waals surface area contributed by atoms with E-state index >= 15 is 0 Å². The van der Waals surface area contributed by atoms with Crippen molar-refractivity contribution in [1.29, 1.82) is 0 Å². The Hall–Kier alpha value is -1.39. The van der Waals surface area contributed by atoms with Crippen LogP contribution in [0.15, 0.2) is 24.7 Å². The number of rotatable bonds is 1. The third kappa shape index (κ3) is 1.60. The summed E-state index contributed by atoms with van der Waals surface area (Å²) in [6, 6.07) is 3.91. The predicted molar refractivity (Wildman–Crippen MR) is 61.4 cm³/mol. The SMILES string of the molecule is Clc1ccc(C2NCCc3[nH]cnc32)cn1. The number of pyridine rings is 1. The minimum atomic E-state index is 0.125. The van der Waals surface area contributed by atoms with Gasteiger partial charge in [-0.2, -0.15) is 0 Å². The van der Waals surface area contributed by atoms with Crippen LogP contribution < -0.4 is 5.32 Å². The van der Waals surface area contributed by atoms with Crippen LogP contribution in [-0.2, 0) is 6.42 Å². The van der Waals surface area contributed by atoms with Crippen LogP contribution in [0.5, 0.6) is 0 Å². The van der Waals surface area contributed by atoms with Crippen LogP contribution >= 0.6 is 11.6 Å². The van der Waals surface area contributed by atoms with Crippen LogP contribution in [0.2, 0.25) is 5.15 Å². The fourth-order valence-corrected chi connectivity index (χ4v) is 2.16. The van der Waals surface area contributed by atoms with Gasteiger partial charge in [-0.1, -0.05) is 17.7 Å². The standard InChI is InChI=1S/C11H11ClN4/c12-9-2-1-7(5-14-9)10-11-8(3-4-13-10)15-6-16-11/h1-2,5-6,10,13H,3-4H2,(H,15,16). The number of aromatic nitrogens is 3. The molecule has 0 saturated heterocycles. The Morgan fingerprint density at radius 3 is 3.06 bits per heavy atom. The Bertz CT molecular complexity index is 491. The van der Waals surface area contributed by atoms with E-state index < -0.39 is 0 Å². The summed E-state index contributed by atoms with van der Waals surface area (Å²) in [7, 11) is 0. The average molecular weight is 235 g/mol. The number of nitrogens with one attached hydrogen (secondary N) is 2. The second-order valence-electron chi connectivity index (χ2n) is 3.82. The van der Waals surface area contributed by atoms with E-state index in [1.165, 1.54) is 5.69 Å². The van der Waals surface area contributed by atoms with Gasteiger partial charge >= 0.3 is 0 Å². The van der Waals surface area contributed by atoms with Crippen LogP contribution in [0.3, 0.4) is 0 Å². The van der Waals surface area contributed by atoms with Crippen molar-refractivity contribution >= 4 is 11.6 Å². The number of aromatic amines is 1. The minimum Gasteiger partial charge on any atom is -0.348 e. The molecule has 1 unspecified atom stereocenters. The molecule has 0 fully saturated rings. The quantitative estimate of drug-likeness (QED) is 0.739. The highest BCUT2D eigenvalue weighted by Gasteiger charge is 2.23. The van der Waals surface area contributed by atoms with Gasteiger partial charge in [0.15, 0.2) is 0 Å². The fourth-order valence-electron chi connectivity index (χ4n) is 2.05. The molecule has 2 N–H and O–H groups in total. The van der Waals surface area contributed by atoms with Crippen molar-refractivity contribution in [2.45, 2.75) is 12.5 Å². The van der Waals surface area contributed by atoms with Gasteiger partial charge in [0.1, 0.15) is 5.15 Å². The molecule has 0 aliphatic carbocycles. The molecule has 0 saturated carbocycles. The molecule has 16 heavy (non-hydrogen) atoms. The molecule has 0 bridgehead atoms. The van der Waals surface area contributed by atoms with Gasteiger partial charge in [0.2, 0.25) is 0 Å². The van der Waals surface area contributed by atoms with E-state index in [9.17, 15) is 0 Å². The maximum Gasteiger partial charge on any atom is 0.129 e. The molecule has 0 aromatic carbocycles. The first kappa shape index (κ1) is 9.81. The van der Waals surface area contributed by atoms with Crippen LogP contribution in [0.4, 0.5) is 0 Å². The Morgan fingerprint density at radius 2 is 2.25 bits per heavy atom. The topological polar surface area (TPSA) is 53.6 Å². The third-order valence-corrected chi connectivity index (χ3v) is 3.06. The van der Waals surface area contributed by atoms with Crippen molar-refractivity contribution in [2.24, 2.45) is 0 Å². The molecule has 1 atom stereocenters. The van der Waals surface area contributed by atoms with Crippen LogP contribution in [-0.4, -0.2) is 21.5 Å². The smallest absolute Gasteiger partial charge is 0.129 e. The van der Waals surface area contributed by atoms with Gasteiger partial charge in [0.05, 0.1) is 18.1 Å². The first-order valence-corrected chi connectivity index (χ1v) is 5.59. The lowest BCUT2D eigenvalue weighted by atomic mass is 10.00. The molecule has 1 aliphatic heterocycles. The largest absolute Gasteiger partial charge is 0.348 e. The van der Waals surface area contributed by atoms with Crippen molar-refractivity contribution in [3.8, 4) is 0 Å². The summed E-state index contributed by atoms with van der Waals surface area (Å²) in [5, 5.41) is 3.95. The lowest BCUT2D eigenvalue weighted by Gasteiger charge is -2.22. The highest BCUT2D eigenvalue weighted by molar-refractivity contribution is 6.29. The van der Waals surface area contributed by atoms with E-state index in [0.29, 0.717) is 5.15 Å².